The number of rotatable bonds is 0. The number of nitrogens with zero attached hydrogens (tertiary/aromatic N) is 3. The van der Waals surface area contributed by atoms with Gasteiger partial charge in [-0.25, -0.2) is 9.78 Å². The predicted octanol–water partition coefficient (Wildman–Crippen LogP) is -0.810. The van der Waals surface area contributed by atoms with Crippen molar-refractivity contribution in [2.45, 2.75) is 0 Å². The van der Waals surface area contributed by atoms with Crippen LogP contribution in [0.2, 0.25) is 0 Å². The van der Waals surface area contributed by atoms with Gasteiger partial charge in [0.15, 0.2) is 5.82 Å². The van der Waals surface area contributed by atoms with Gasteiger partial charge >= 0.3 is 5.69 Å². The Morgan fingerprint density at radius 3 is 3.17 bits per heavy atom. The number of H-pyrrole nitrogens is 1. The average Bonchev–Trinajstić information content (AvgIpc) is 2.39. The molecule has 12 heavy (non-hydrogen) atoms. The zero-order valence-corrected chi connectivity index (χ0v) is 6.40. The van der Waals surface area contributed by atoms with E-state index in [4.69, 9.17) is 5.73 Å². The molecule has 6 heteroatoms. The molecule has 0 amide bonds. The third-order valence-electron chi connectivity index (χ3n) is 1.65. The summed E-state index contributed by atoms with van der Waals surface area (Å²) in [7, 11) is 1.74. The first-order chi connectivity index (χ1) is 5.68. The number of aromatic nitrogens is 4. The number of fused-ring (bicyclic) bond motifs is 1. The number of imidazole rings is 1. The van der Waals surface area contributed by atoms with Crippen molar-refractivity contribution < 1.29 is 0 Å². The van der Waals surface area contributed by atoms with E-state index >= 15 is 0 Å². The van der Waals surface area contributed by atoms with Gasteiger partial charge in [-0.1, -0.05) is 0 Å². The minimum atomic E-state index is -0.421. The molecule has 0 aromatic carbocycles. The summed E-state index contributed by atoms with van der Waals surface area (Å²) in [6.45, 7) is 0. The Kier molecular flexibility index (Phi) is 1.18. The van der Waals surface area contributed by atoms with Gasteiger partial charge < -0.3 is 10.3 Å². The molecular weight excluding hydrogens is 158 g/mol. The van der Waals surface area contributed by atoms with Crippen molar-refractivity contribution in [2.24, 2.45) is 7.05 Å². The second kappa shape index (κ2) is 2.07. The molecule has 0 fully saturated rings. The first-order valence-corrected chi connectivity index (χ1v) is 3.35. The molecule has 0 aromatic heterocycles. The van der Waals surface area contributed by atoms with E-state index in [0.717, 1.165) is 0 Å². The van der Waals surface area contributed by atoms with Crippen LogP contribution in [0.4, 0.5) is 5.82 Å². The lowest BCUT2D eigenvalue weighted by Crippen LogP contribution is -2.05. The topological polar surface area (TPSA) is 89.6 Å². The average molecular weight is 165 g/mol. The molecule has 0 atom stereocenters. The van der Waals surface area contributed by atoms with Gasteiger partial charge in [0.05, 0.1) is 6.33 Å². The molecule has 0 saturated heterocycles. The van der Waals surface area contributed by atoms with E-state index in [1.165, 1.54) is 6.33 Å². The molecule has 2 aliphatic rings. The zero-order valence-electron chi connectivity index (χ0n) is 6.40. The lowest BCUT2D eigenvalue weighted by Gasteiger charge is -2.05. The SMILES string of the molecule is Cn1cnc2nc(=O)[nH]c-2c1N. The van der Waals surface area contributed by atoms with E-state index in [1.54, 1.807) is 11.6 Å². The molecular formula is C6H7N5O. The Labute approximate surface area is 67.4 Å². The number of nitrogens with two attached hydrogens (primary N) is 1. The maximum Gasteiger partial charge on any atom is 0.347 e. The molecule has 0 aliphatic carbocycles. The van der Waals surface area contributed by atoms with E-state index in [1.807, 2.05) is 0 Å². The standard InChI is InChI=1S/C6H7N5O/c1-11-2-8-5-3(4(11)7)9-6(12)10-5/h2H,7H2,1H3,(H,9,12). The van der Waals surface area contributed by atoms with Crippen LogP contribution in [0.15, 0.2) is 11.1 Å². The van der Waals surface area contributed by atoms with Crippen LogP contribution in [0.3, 0.4) is 0 Å². The van der Waals surface area contributed by atoms with Gasteiger partial charge in [0.2, 0.25) is 0 Å². The van der Waals surface area contributed by atoms with Crippen LogP contribution in [0.25, 0.3) is 11.5 Å². The molecule has 6 nitrogen and oxygen atoms in total. The molecule has 0 bridgehead atoms. The fourth-order valence-electron chi connectivity index (χ4n) is 0.995. The van der Waals surface area contributed by atoms with E-state index in [9.17, 15) is 4.79 Å². The lowest BCUT2D eigenvalue weighted by atomic mass is 10.4. The summed E-state index contributed by atoms with van der Waals surface area (Å²) in [6, 6.07) is 0. The van der Waals surface area contributed by atoms with Crippen LogP contribution in [0.1, 0.15) is 0 Å². The summed E-state index contributed by atoms with van der Waals surface area (Å²) in [5.74, 6) is 0.810. The highest BCUT2D eigenvalue weighted by Gasteiger charge is 2.12. The second-order valence-corrected chi connectivity index (χ2v) is 2.48. The van der Waals surface area contributed by atoms with Crippen molar-refractivity contribution in [1.82, 2.24) is 19.5 Å². The van der Waals surface area contributed by atoms with Crippen LogP contribution in [0.5, 0.6) is 0 Å². The molecule has 0 unspecified atom stereocenters. The first kappa shape index (κ1) is 6.84. The Morgan fingerprint density at radius 1 is 1.67 bits per heavy atom. The molecule has 2 aliphatic heterocycles. The van der Waals surface area contributed by atoms with Gasteiger partial charge in [-0.15, -0.1) is 0 Å². The number of nitrogen functional groups attached to an aromatic ring is 1. The van der Waals surface area contributed by atoms with Crippen LogP contribution in [-0.2, 0) is 7.05 Å². The Bertz CT molecular complexity index is 442. The number of aryl methyl sites for hydroxylation is 1. The number of aromatic amines is 1. The number of hydrogen-bond donors (Lipinski definition) is 2. The van der Waals surface area contributed by atoms with Gasteiger partial charge in [-0.2, -0.15) is 4.98 Å². The monoisotopic (exact) mass is 165 g/mol. The molecule has 2 rings (SSSR count). The van der Waals surface area contributed by atoms with E-state index in [-0.39, 0.29) is 0 Å². The summed E-state index contributed by atoms with van der Waals surface area (Å²) >= 11 is 0. The molecule has 3 N–H and O–H groups in total. The van der Waals surface area contributed by atoms with Gasteiger partial charge in [-0.05, 0) is 0 Å². The molecule has 0 spiro atoms. The van der Waals surface area contributed by atoms with Crippen molar-refractivity contribution >= 4 is 5.82 Å². The Morgan fingerprint density at radius 2 is 2.42 bits per heavy atom. The molecule has 0 saturated carbocycles. The highest BCUT2D eigenvalue weighted by molar-refractivity contribution is 5.64. The highest BCUT2D eigenvalue weighted by Crippen LogP contribution is 2.17. The van der Waals surface area contributed by atoms with E-state index in [0.29, 0.717) is 17.3 Å². The number of anilines is 1. The summed E-state index contributed by atoms with van der Waals surface area (Å²) in [5.41, 5.74) is 5.71. The summed E-state index contributed by atoms with van der Waals surface area (Å²) in [5, 5.41) is 0. The van der Waals surface area contributed by atoms with Crippen molar-refractivity contribution in [1.29, 1.82) is 0 Å². The fourth-order valence-corrected chi connectivity index (χ4v) is 0.995. The molecule has 2 heterocycles. The third-order valence-corrected chi connectivity index (χ3v) is 1.65. The summed E-state index contributed by atoms with van der Waals surface area (Å²) in [6.07, 6.45) is 1.51. The van der Waals surface area contributed by atoms with Gasteiger partial charge in [0, 0.05) is 7.05 Å². The van der Waals surface area contributed by atoms with Crippen LogP contribution in [-0.4, -0.2) is 19.5 Å². The van der Waals surface area contributed by atoms with Crippen LogP contribution >= 0.6 is 0 Å². The quantitative estimate of drug-likeness (QED) is 0.534. The molecule has 0 aromatic rings. The maximum atomic E-state index is 10.8. The fraction of sp³-hybridized carbons (Fsp3) is 0.167. The normalized spacial score (nSPS) is 10.8. The summed E-state index contributed by atoms with van der Waals surface area (Å²) < 4.78 is 1.61. The van der Waals surface area contributed by atoms with Crippen molar-refractivity contribution in [3.8, 4) is 11.5 Å². The third kappa shape index (κ3) is 0.777. The van der Waals surface area contributed by atoms with Gasteiger partial charge in [0.25, 0.3) is 0 Å². The Hall–Kier alpha value is -1.85. The van der Waals surface area contributed by atoms with Crippen molar-refractivity contribution in [3.05, 3.63) is 16.8 Å². The predicted molar refractivity (Wildman–Crippen MR) is 42.7 cm³/mol. The minimum Gasteiger partial charge on any atom is -0.383 e. The van der Waals surface area contributed by atoms with Gasteiger partial charge in [0.1, 0.15) is 11.5 Å². The van der Waals surface area contributed by atoms with Gasteiger partial charge in [-0.3, -0.25) is 4.98 Å². The van der Waals surface area contributed by atoms with Crippen molar-refractivity contribution in [3.63, 3.8) is 0 Å². The van der Waals surface area contributed by atoms with Crippen LogP contribution < -0.4 is 11.4 Å². The van der Waals surface area contributed by atoms with Crippen molar-refractivity contribution in [2.75, 3.05) is 5.73 Å². The number of hydrogen-bond acceptors (Lipinski definition) is 4. The van der Waals surface area contributed by atoms with Crippen LogP contribution in [0, 0.1) is 0 Å². The molecule has 0 radical (unpaired) electrons. The largest absolute Gasteiger partial charge is 0.383 e. The van der Waals surface area contributed by atoms with E-state index < -0.39 is 5.69 Å². The second-order valence-electron chi connectivity index (χ2n) is 2.48. The Balaban J connectivity index is 2.89. The van der Waals surface area contributed by atoms with E-state index in [2.05, 4.69) is 15.0 Å². The lowest BCUT2D eigenvalue weighted by molar-refractivity contribution is 0.873. The minimum absolute atomic E-state index is 0.357. The molecule has 62 valence electrons. The number of nitrogens with one attached hydrogen (secondary N) is 1. The first-order valence-electron chi connectivity index (χ1n) is 3.35. The smallest absolute Gasteiger partial charge is 0.347 e. The maximum absolute atomic E-state index is 10.8. The highest BCUT2D eigenvalue weighted by atomic mass is 16.1. The zero-order chi connectivity index (χ0) is 8.72. The summed E-state index contributed by atoms with van der Waals surface area (Å²) in [4.78, 5) is 20.8.